The molecule has 5 nitrogen and oxygen atoms in total. The summed E-state index contributed by atoms with van der Waals surface area (Å²) in [6, 6.07) is 2.93. The minimum atomic E-state index is -0.447. The molecule has 0 amide bonds. The normalized spacial score (nSPS) is 11.1. The van der Waals surface area contributed by atoms with Crippen molar-refractivity contribution in [1.82, 2.24) is 14.5 Å². The van der Waals surface area contributed by atoms with E-state index in [1.54, 1.807) is 17.8 Å². The lowest BCUT2D eigenvalue weighted by molar-refractivity contribution is 0.387. The first-order chi connectivity index (χ1) is 9.19. The van der Waals surface area contributed by atoms with Gasteiger partial charge in [0.1, 0.15) is 0 Å². The van der Waals surface area contributed by atoms with E-state index in [0.29, 0.717) is 18.0 Å². The van der Waals surface area contributed by atoms with E-state index in [1.165, 1.54) is 24.5 Å². The van der Waals surface area contributed by atoms with Gasteiger partial charge in [-0.2, -0.15) is 0 Å². The number of nitrogens with two attached hydrogens (primary N) is 1. The molecule has 0 saturated carbocycles. The summed E-state index contributed by atoms with van der Waals surface area (Å²) >= 11 is 1.53. The van der Waals surface area contributed by atoms with Crippen molar-refractivity contribution >= 4 is 28.3 Å². The van der Waals surface area contributed by atoms with E-state index in [0.717, 1.165) is 10.4 Å². The van der Waals surface area contributed by atoms with Crippen molar-refractivity contribution in [3.8, 4) is 5.75 Å². The number of methoxy groups -OCH3 is 1. The fourth-order valence-electron chi connectivity index (χ4n) is 1.94. The van der Waals surface area contributed by atoms with Crippen molar-refractivity contribution in [2.45, 2.75) is 6.54 Å². The minimum Gasteiger partial charge on any atom is -0.494 e. The van der Waals surface area contributed by atoms with Crippen molar-refractivity contribution in [3.63, 3.8) is 0 Å². The van der Waals surface area contributed by atoms with Gasteiger partial charge in [0.15, 0.2) is 11.6 Å². The minimum absolute atomic E-state index is 0.179. The first-order valence-corrected chi connectivity index (χ1v) is 6.43. The van der Waals surface area contributed by atoms with Crippen LogP contribution >= 0.6 is 11.3 Å². The number of halogens is 1. The Morgan fingerprint density at radius 1 is 1.47 bits per heavy atom. The zero-order valence-electron chi connectivity index (χ0n) is 10.1. The molecule has 0 unspecified atom stereocenters. The van der Waals surface area contributed by atoms with Crippen LogP contribution in [-0.4, -0.2) is 21.6 Å². The number of hydrogen-bond acceptors (Lipinski definition) is 5. The van der Waals surface area contributed by atoms with Gasteiger partial charge in [-0.3, -0.25) is 4.98 Å². The van der Waals surface area contributed by atoms with Crippen molar-refractivity contribution < 1.29 is 9.13 Å². The predicted molar refractivity (Wildman–Crippen MR) is 71.9 cm³/mol. The lowest BCUT2D eigenvalue weighted by Crippen LogP contribution is -2.03. The highest BCUT2D eigenvalue weighted by atomic mass is 32.1. The average Bonchev–Trinajstić information content (AvgIpc) is 2.98. The smallest absolute Gasteiger partial charge is 0.201 e. The number of thiazole rings is 1. The van der Waals surface area contributed by atoms with E-state index in [-0.39, 0.29) is 5.75 Å². The van der Waals surface area contributed by atoms with E-state index in [4.69, 9.17) is 10.5 Å². The maximum Gasteiger partial charge on any atom is 0.201 e. The quantitative estimate of drug-likeness (QED) is 0.798. The number of nitrogen functional groups attached to an aromatic ring is 1. The summed E-state index contributed by atoms with van der Waals surface area (Å²) in [4.78, 5) is 9.23. The molecule has 0 aliphatic heterocycles. The van der Waals surface area contributed by atoms with Crippen LogP contribution in [0.25, 0.3) is 11.0 Å². The van der Waals surface area contributed by atoms with Gasteiger partial charge in [-0.05, 0) is 0 Å². The molecule has 2 aromatic heterocycles. The number of hydrogen-bond donors (Lipinski definition) is 1. The number of ether oxygens (including phenoxy) is 1. The molecule has 0 saturated heterocycles. The fraction of sp³-hybridized carbons (Fsp3) is 0.167. The summed E-state index contributed by atoms with van der Waals surface area (Å²) in [5.74, 6) is 0.0754. The molecule has 0 fully saturated rings. The van der Waals surface area contributed by atoms with Gasteiger partial charge in [-0.15, -0.1) is 11.3 Å². The summed E-state index contributed by atoms with van der Waals surface area (Å²) in [7, 11) is 1.43. The number of rotatable bonds is 3. The van der Waals surface area contributed by atoms with Crippen LogP contribution in [0.15, 0.2) is 23.8 Å². The Bertz CT molecular complexity index is 723. The number of fused-ring (bicyclic) bond motifs is 1. The van der Waals surface area contributed by atoms with E-state index >= 15 is 0 Å². The van der Waals surface area contributed by atoms with Gasteiger partial charge in [0, 0.05) is 23.2 Å². The standard InChI is InChI=1S/C12H11FN4OS/c1-18-11-3-10-9(2-8(11)13)16-12(14)17(10)5-7-4-15-6-19-7/h2-4,6H,5H2,1H3,(H2,14,16). The molecule has 2 N–H and O–H groups in total. The van der Waals surface area contributed by atoms with E-state index in [1.807, 2.05) is 4.57 Å². The molecule has 3 rings (SSSR count). The number of anilines is 1. The van der Waals surface area contributed by atoms with Gasteiger partial charge in [0.25, 0.3) is 0 Å². The zero-order valence-corrected chi connectivity index (χ0v) is 10.9. The molecule has 7 heteroatoms. The maximum atomic E-state index is 13.6. The highest BCUT2D eigenvalue weighted by Gasteiger charge is 2.13. The highest BCUT2D eigenvalue weighted by Crippen LogP contribution is 2.27. The van der Waals surface area contributed by atoms with Crippen LogP contribution in [0.4, 0.5) is 10.3 Å². The third kappa shape index (κ3) is 2.01. The largest absolute Gasteiger partial charge is 0.494 e. The Labute approximate surface area is 112 Å². The SMILES string of the molecule is COc1cc2c(cc1F)nc(N)n2Cc1cncs1. The zero-order chi connectivity index (χ0) is 13.4. The van der Waals surface area contributed by atoms with Gasteiger partial charge in [0.05, 0.1) is 30.2 Å². The van der Waals surface area contributed by atoms with E-state index in [2.05, 4.69) is 9.97 Å². The molecule has 19 heavy (non-hydrogen) atoms. The summed E-state index contributed by atoms with van der Waals surface area (Å²) in [5.41, 5.74) is 8.89. The summed E-state index contributed by atoms with van der Waals surface area (Å²) in [6.07, 6.45) is 1.77. The molecular weight excluding hydrogens is 267 g/mol. The van der Waals surface area contributed by atoms with Crippen LogP contribution in [0.3, 0.4) is 0 Å². The molecule has 98 valence electrons. The third-order valence-corrected chi connectivity index (χ3v) is 3.61. The molecule has 0 aliphatic carbocycles. The molecule has 2 heterocycles. The molecule has 1 aromatic carbocycles. The molecule has 0 atom stereocenters. The summed E-state index contributed by atoms with van der Waals surface area (Å²) in [6.45, 7) is 0.557. The first kappa shape index (κ1) is 11.9. The molecular formula is C12H11FN4OS. The van der Waals surface area contributed by atoms with Gasteiger partial charge in [0.2, 0.25) is 5.95 Å². The van der Waals surface area contributed by atoms with Crippen LogP contribution in [-0.2, 0) is 6.54 Å². The lowest BCUT2D eigenvalue weighted by atomic mass is 10.3. The Morgan fingerprint density at radius 2 is 2.32 bits per heavy atom. The molecule has 0 aliphatic rings. The maximum absolute atomic E-state index is 13.6. The Morgan fingerprint density at radius 3 is 3.00 bits per heavy atom. The fourth-order valence-corrected chi connectivity index (χ4v) is 2.53. The van der Waals surface area contributed by atoms with Crippen molar-refractivity contribution in [1.29, 1.82) is 0 Å². The highest BCUT2D eigenvalue weighted by molar-refractivity contribution is 7.09. The predicted octanol–water partition coefficient (Wildman–Crippen LogP) is 2.27. The van der Waals surface area contributed by atoms with Gasteiger partial charge in [-0.25, -0.2) is 9.37 Å². The number of aromatic nitrogens is 3. The van der Waals surface area contributed by atoms with Crippen LogP contribution < -0.4 is 10.5 Å². The first-order valence-electron chi connectivity index (χ1n) is 5.55. The Hall–Kier alpha value is -2.15. The molecule has 0 radical (unpaired) electrons. The average molecular weight is 278 g/mol. The Kier molecular flexibility index (Phi) is 2.83. The van der Waals surface area contributed by atoms with Crippen LogP contribution in [0, 0.1) is 5.82 Å². The van der Waals surface area contributed by atoms with Crippen LogP contribution in [0.1, 0.15) is 4.88 Å². The lowest BCUT2D eigenvalue weighted by Gasteiger charge is -2.06. The van der Waals surface area contributed by atoms with Gasteiger partial charge >= 0.3 is 0 Å². The second-order valence-corrected chi connectivity index (χ2v) is 4.97. The van der Waals surface area contributed by atoms with Crippen molar-refractivity contribution in [3.05, 3.63) is 34.5 Å². The Balaban J connectivity index is 2.15. The second-order valence-electron chi connectivity index (χ2n) is 4.00. The number of imidazole rings is 1. The van der Waals surface area contributed by atoms with E-state index in [9.17, 15) is 4.39 Å². The monoisotopic (exact) mass is 278 g/mol. The van der Waals surface area contributed by atoms with Crippen LogP contribution in [0.2, 0.25) is 0 Å². The topological polar surface area (TPSA) is 66.0 Å². The van der Waals surface area contributed by atoms with Crippen molar-refractivity contribution in [2.75, 3.05) is 12.8 Å². The number of nitrogens with zero attached hydrogens (tertiary/aromatic N) is 3. The number of benzene rings is 1. The van der Waals surface area contributed by atoms with Crippen LogP contribution in [0.5, 0.6) is 5.75 Å². The second kappa shape index (κ2) is 4.51. The molecule has 3 aromatic rings. The summed E-state index contributed by atoms with van der Waals surface area (Å²) < 4.78 is 20.4. The van der Waals surface area contributed by atoms with Gasteiger partial charge < -0.3 is 15.0 Å². The van der Waals surface area contributed by atoms with E-state index < -0.39 is 5.82 Å². The van der Waals surface area contributed by atoms with Crippen molar-refractivity contribution in [2.24, 2.45) is 0 Å². The third-order valence-electron chi connectivity index (χ3n) is 2.85. The summed E-state index contributed by atoms with van der Waals surface area (Å²) in [5, 5.41) is 0. The van der Waals surface area contributed by atoms with Gasteiger partial charge in [-0.1, -0.05) is 0 Å². The molecule has 0 spiro atoms. The molecule has 0 bridgehead atoms.